The van der Waals surface area contributed by atoms with Crippen LogP contribution < -0.4 is 0 Å². The fraction of sp³-hybridized carbons (Fsp3) is 1.00. The molecule has 0 unspecified atom stereocenters. The van der Waals surface area contributed by atoms with E-state index in [0.29, 0.717) is 10.5 Å². The van der Waals surface area contributed by atoms with Crippen LogP contribution in [0, 0.1) is 5.92 Å². The Hall–Kier alpha value is 1.28. The van der Waals surface area contributed by atoms with Crippen LogP contribution in [0.1, 0.15) is 98.3 Å². The molecule has 0 aliphatic heterocycles. The van der Waals surface area contributed by atoms with Crippen molar-refractivity contribution in [1.82, 2.24) is 0 Å². The average Bonchev–Trinajstić information content (AvgIpc) is 2.49. The van der Waals surface area contributed by atoms with E-state index in [1.807, 2.05) is 21.6 Å². The summed E-state index contributed by atoms with van der Waals surface area (Å²) in [6, 6.07) is 0. The first kappa shape index (κ1) is 24.3. The lowest BCUT2D eigenvalue weighted by molar-refractivity contribution is 0.388. The second-order valence-electron chi connectivity index (χ2n) is 6.87. The van der Waals surface area contributed by atoms with Gasteiger partial charge in [-0.1, -0.05) is 101 Å². The summed E-state index contributed by atoms with van der Waals surface area (Å²) in [6.07, 6.45) is 14.5. The second-order valence-corrected chi connectivity index (χ2v) is 11.2. The van der Waals surface area contributed by atoms with Gasteiger partial charge in [0.25, 0.3) is 0 Å². The Morgan fingerprint density at radius 3 is 1.65 bits per heavy atom. The molecule has 0 bridgehead atoms. The molecule has 0 saturated carbocycles. The minimum Gasteiger partial charge on any atom is -0.105 e. The van der Waals surface area contributed by atoms with Gasteiger partial charge < -0.3 is 0 Å². The van der Waals surface area contributed by atoms with Crippen LogP contribution >= 0.6 is 44.8 Å². The molecule has 23 heavy (non-hydrogen) atoms. The SMILES string of the molecule is CCCCCCC(CCCCCC)[C@H](CC(Cl)Cl)SSC(C)C. The predicted molar refractivity (Wildman–Crippen MR) is 115 cm³/mol. The van der Waals surface area contributed by atoms with E-state index in [-0.39, 0.29) is 4.84 Å². The molecule has 1 atom stereocenters. The standard InChI is InChI=1S/C19H38Cl2S2/c1-5-7-9-11-13-17(14-12-10-8-6-2)18(15-19(20)21)23-22-16(3)4/h16-19H,5-15H2,1-4H3/t18-/m0/s1. The topological polar surface area (TPSA) is 0 Å². The predicted octanol–water partition coefficient (Wildman–Crippen LogP) is 8.90. The van der Waals surface area contributed by atoms with Crippen molar-refractivity contribution in [1.29, 1.82) is 0 Å². The van der Waals surface area contributed by atoms with Gasteiger partial charge >= 0.3 is 0 Å². The molecular formula is C19H38Cl2S2. The van der Waals surface area contributed by atoms with Crippen molar-refractivity contribution in [3.05, 3.63) is 0 Å². The maximum Gasteiger partial charge on any atom is 0.108 e. The van der Waals surface area contributed by atoms with Gasteiger partial charge in [0.15, 0.2) is 0 Å². The number of unbranched alkanes of at least 4 members (excludes halogenated alkanes) is 6. The van der Waals surface area contributed by atoms with Crippen molar-refractivity contribution in [3.8, 4) is 0 Å². The van der Waals surface area contributed by atoms with Gasteiger partial charge in [0.1, 0.15) is 4.84 Å². The summed E-state index contributed by atoms with van der Waals surface area (Å²) in [5, 5.41) is 1.26. The Balaban J connectivity index is 4.53. The zero-order chi connectivity index (χ0) is 17.5. The first-order valence-electron chi connectivity index (χ1n) is 9.61. The van der Waals surface area contributed by atoms with Crippen LogP contribution in [-0.2, 0) is 0 Å². The third-order valence-electron chi connectivity index (χ3n) is 4.16. The van der Waals surface area contributed by atoms with Crippen LogP contribution in [0.25, 0.3) is 0 Å². The zero-order valence-electron chi connectivity index (χ0n) is 15.7. The molecule has 0 aromatic carbocycles. The number of hydrogen-bond acceptors (Lipinski definition) is 2. The van der Waals surface area contributed by atoms with Crippen molar-refractivity contribution < 1.29 is 0 Å². The zero-order valence-corrected chi connectivity index (χ0v) is 18.8. The molecule has 140 valence electrons. The van der Waals surface area contributed by atoms with Gasteiger partial charge in [0.05, 0.1) is 0 Å². The second kappa shape index (κ2) is 16.7. The summed E-state index contributed by atoms with van der Waals surface area (Å²) in [5.74, 6) is 0.778. The minimum absolute atomic E-state index is 0.228. The van der Waals surface area contributed by atoms with E-state index in [2.05, 4.69) is 27.7 Å². The van der Waals surface area contributed by atoms with E-state index >= 15 is 0 Å². The summed E-state index contributed by atoms with van der Waals surface area (Å²) in [7, 11) is 4.04. The number of hydrogen-bond donors (Lipinski definition) is 0. The fourth-order valence-corrected chi connectivity index (χ4v) is 6.31. The minimum atomic E-state index is -0.228. The lowest BCUT2D eigenvalue weighted by Gasteiger charge is -2.27. The smallest absolute Gasteiger partial charge is 0.105 e. The van der Waals surface area contributed by atoms with Crippen LogP contribution in [0.15, 0.2) is 0 Å². The summed E-state index contributed by atoms with van der Waals surface area (Å²) in [5.41, 5.74) is 0. The quantitative estimate of drug-likeness (QED) is 0.144. The molecule has 0 aliphatic carbocycles. The van der Waals surface area contributed by atoms with Crippen molar-refractivity contribution in [2.24, 2.45) is 5.92 Å². The Bertz CT molecular complexity index is 236. The molecule has 0 rings (SSSR count). The Labute approximate surface area is 164 Å². The molecule has 0 amide bonds. The lowest BCUT2D eigenvalue weighted by Crippen LogP contribution is -2.20. The van der Waals surface area contributed by atoms with Crippen LogP contribution in [0.3, 0.4) is 0 Å². The summed E-state index contributed by atoms with van der Waals surface area (Å²) in [6.45, 7) is 9.10. The van der Waals surface area contributed by atoms with Crippen molar-refractivity contribution in [2.45, 2.75) is 114 Å². The van der Waals surface area contributed by atoms with Crippen LogP contribution in [-0.4, -0.2) is 15.3 Å². The Morgan fingerprint density at radius 2 is 1.26 bits per heavy atom. The van der Waals surface area contributed by atoms with Crippen LogP contribution in [0.5, 0.6) is 0 Å². The highest BCUT2D eigenvalue weighted by Crippen LogP contribution is 2.41. The Kier molecular flexibility index (Phi) is 17.7. The van der Waals surface area contributed by atoms with Crippen molar-refractivity contribution >= 4 is 44.8 Å². The Morgan fingerprint density at radius 1 is 0.739 bits per heavy atom. The molecular weight excluding hydrogens is 363 g/mol. The van der Waals surface area contributed by atoms with Crippen molar-refractivity contribution in [2.75, 3.05) is 0 Å². The molecule has 0 saturated heterocycles. The monoisotopic (exact) mass is 400 g/mol. The van der Waals surface area contributed by atoms with Crippen LogP contribution in [0.4, 0.5) is 0 Å². The first-order valence-corrected chi connectivity index (χ1v) is 12.8. The van der Waals surface area contributed by atoms with Gasteiger partial charge in [0.2, 0.25) is 0 Å². The van der Waals surface area contributed by atoms with E-state index in [1.165, 1.54) is 64.2 Å². The molecule has 0 heterocycles. The summed E-state index contributed by atoms with van der Waals surface area (Å²) >= 11 is 12.3. The van der Waals surface area contributed by atoms with Gasteiger partial charge in [-0.25, -0.2) is 0 Å². The molecule has 0 fully saturated rings. The molecule has 0 aliphatic rings. The molecule has 0 nitrogen and oxygen atoms in total. The number of halogens is 2. The number of rotatable bonds is 16. The fourth-order valence-electron chi connectivity index (χ4n) is 2.85. The molecule has 0 radical (unpaired) electrons. The molecule has 0 N–H and O–H groups in total. The molecule has 0 aromatic heterocycles. The molecule has 4 heteroatoms. The lowest BCUT2D eigenvalue weighted by atomic mass is 9.90. The maximum atomic E-state index is 6.14. The molecule has 0 spiro atoms. The van der Waals surface area contributed by atoms with Gasteiger partial charge in [0, 0.05) is 10.5 Å². The highest BCUT2D eigenvalue weighted by molar-refractivity contribution is 8.77. The summed E-state index contributed by atoms with van der Waals surface area (Å²) in [4.78, 5) is -0.228. The average molecular weight is 402 g/mol. The normalized spacial score (nSPS) is 13.4. The van der Waals surface area contributed by atoms with Gasteiger partial charge in [-0.15, -0.1) is 23.2 Å². The highest BCUT2D eigenvalue weighted by Gasteiger charge is 2.24. The highest BCUT2D eigenvalue weighted by atomic mass is 35.5. The molecule has 0 aromatic rings. The van der Waals surface area contributed by atoms with E-state index < -0.39 is 0 Å². The van der Waals surface area contributed by atoms with Gasteiger partial charge in [-0.3, -0.25) is 0 Å². The van der Waals surface area contributed by atoms with E-state index in [4.69, 9.17) is 23.2 Å². The number of alkyl halides is 2. The largest absolute Gasteiger partial charge is 0.108 e. The van der Waals surface area contributed by atoms with E-state index in [9.17, 15) is 0 Å². The summed E-state index contributed by atoms with van der Waals surface area (Å²) < 4.78 is 0. The first-order chi connectivity index (χ1) is 11.0. The van der Waals surface area contributed by atoms with E-state index in [0.717, 1.165) is 12.3 Å². The van der Waals surface area contributed by atoms with Crippen molar-refractivity contribution in [3.63, 3.8) is 0 Å². The third kappa shape index (κ3) is 15.3. The van der Waals surface area contributed by atoms with Gasteiger partial charge in [-0.2, -0.15) is 0 Å². The van der Waals surface area contributed by atoms with Crippen LogP contribution in [0.2, 0.25) is 0 Å². The maximum absolute atomic E-state index is 6.14. The van der Waals surface area contributed by atoms with E-state index in [1.54, 1.807) is 0 Å². The van der Waals surface area contributed by atoms with Gasteiger partial charge in [-0.05, 0) is 25.2 Å². The third-order valence-corrected chi connectivity index (χ3v) is 8.07.